The molecule has 31 heavy (non-hydrogen) atoms. The van der Waals surface area contributed by atoms with Crippen LogP contribution in [0.25, 0.3) is 0 Å². The van der Waals surface area contributed by atoms with Gasteiger partial charge in [-0.25, -0.2) is 4.79 Å². The lowest BCUT2D eigenvalue weighted by molar-refractivity contribution is -0.160. The smallest absolute Gasteiger partial charge is 0.416 e. The first-order valence-electron chi connectivity index (χ1n) is 9.12. The molecule has 3 atom stereocenters. The van der Waals surface area contributed by atoms with Crippen LogP contribution in [-0.4, -0.2) is 53.3 Å². The van der Waals surface area contributed by atoms with Crippen molar-refractivity contribution in [2.45, 2.75) is 38.6 Å². The van der Waals surface area contributed by atoms with E-state index in [9.17, 15) is 42.6 Å². The van der Waals surface area contributed by atoms with E-state index < -0.39 is 60.0 Å². The average Bonchev–Trinajstić information content (AvgIpc) is 2.69. The molecule has 12 heteroatoms. The first-order chi connectivity index (χ1) is 14.4. The number of halogens is 3. The zero-order valence-corrected chi connectivity index (χ0v) is 16.6. The van der Waals surface area contributed by atoms with E-state index in [1.165, 1.54) is 13.8 Å². The Bertz CT molecular complexity index is 794. The van der Waals surface area contributed by atoms with Crippen LogP contribution in [0.1, 0.15) is 37.5 Å². The molecule has 0 aliphatic rings. The molecule has 0 saturated carbocycles. The number of amides is 1. The molecule has 0 radical (unpaired) electrons. The van der Waals surface area contributed by atoms with Gasteiger partial charge in [-0.1, -0.05) is 12.1 Å². The van der Waals surface area contributed by atoms with Crippen molar-refractivity contribution in [1.82, 2.24) is 5.32 Å². The third-order valence-electron chi connectivity index (χ3n) is 4.05. The summed E-state index contributed by atoms with van der Waals surface area (Å²) in [6, 6.07) is 1.01. The summed E-state index contributed by atoms with van der Waals surface area (Å²) in [6.07, 6.45) is -7.38. The van der Waals surface area contributed by atoms with E-state index in [4.69, 9.17) is 9.47 Å². The van der Waals surface area contributed by atoms with Crippen LogP contribution in [0.3, 0.4) is 0 Å². The second-order valence-corrected chi connectivity index (χ2v) is 6.21. The number of esters is 2. The maximum absolute atomic E-state index is 12.6. The molecule has 3 N–H and O–H groups in total. The Morgan fingerprint density at radius 1 is 1.03 bits per heavy atom. The Morgan fingerprint density at radius 2 is 1.58 bits per heavy atom. The number of aliphatic carboxylic acids is 1. The van der Waals surface area contributed by atoms with Crippen molar-refractivity contribution in [1.29, 1.82) is 0 Å². The molecule has 1 aromatic carbocycles. The van der Waals surface area contributed by atoms with Crippen molar-refractivity contribution in [3.63, 3.8) is 0 Å². The van der Waals surface area contributed by atoms with Gasteiger partial charge in [-0.15, -0.1) is 0 Å². The molecule has 0 aliphatic carbocycles. The standard InChI is InChI=1S/C19H22F3NO8/c1-3-30-13(24)9-12(18(29)31-4-2)14(17(27)28)23-16(26)15(25)10-5-7-11(8-6-10)19(20,21)22/h5-8,12,14-15,25H,3-4,9H2,1-2H3,(H,23,26)(H,27,28)/t12-,14+,15-/m0/s1. The van der Waals surface area contributed by atoms with E-state index >= 15 is 0 Å². The van der Waals surface area contributed by atoms with Crippen LogP contribution in [0.4, 0.5) is 13.2 Å². The molecule has 0 heterocycles. The normalized spacial score (nSPS) is 14.1. The number of alkyl halides is 3. The Hall–Kier alpha value is -3.15. The van der Waals surface area contributed by atoms with Gasteiger partial charge in [0.25, 0.3) is 5.91 Å². The van der Waals surface area contributed by atoms with Crippen molar-refractivity contribution in [3.8, 4) is 0 Å². The number of ether oxygens (including phenoxy) is 2. The topological polar surface area (TPSA) is 139 Å². The van der Waals surface area contributed by atoms with Crippen LogP contribution < -0.4 is 5.32 Å². The van der Waals surface area contributed by atoms with Gasteiger partial charge >= 0.3 is 24.1 Å². The number of rotatable bonds is 10. The van der Waals surface area contributed by atoms with Crippen LogP contribution in [-0.2, 0) is 34.8 Å². The Kier molecular flexibility index (Phi) is 9.43. The van der Waals surface area contributed by atoms with Crippen LogP contribution in [0, 0.1) is 5.92 Å². The predicted octanol–water partition coefficient (Wildman–Crippen LogP) is 1.44. The lowest BCUT2D eigenvalue weighted by Crippen LogP contribution is -2.51. The van der Waals surface area contributed by atoms with E-state index in [2.05, 4.69) is 0 Å². The second kappa shape index (κ2) is 11.3. The summed E-state index contributed by atoms with van der Waals surface area (Å²) < 4.78 is 47.4. The van der Waals surface area contributed by atoms with Crippen molar-refractivity contribution in [3.05, 3.63) is 35.4 Å². The van der Waals surface area contributed by atoms with Gasteiger partial charge in [0, 0.05) is 0 Å². The van der Waals surface area contributed by atoms with E-state index in [-0.39, 0.29) is 18.8 Å². The lowest BCUT2D eigenvalue weighted by Gasteiger charge is -2.24. The third kappa shape index (κ3) is 7.55. The van der Waals surface area contributed by atoms with Gasteiger partial charge < -0.3 is 25.0 Å². The molecule has 0 saturated heterocycles. The van der Waals surface area contributed by atoms with Crippen LogP contribution >= 0.6 is 0 Å². The molecular formula is C19H22F3NO8. The first-order valence-corrected chi connectivity index (χ1v) is 9.12. The minimum atomic E-state index is -4.62. The highest BCUT2D eigenvalue weighted by Crippen LogP contribution is 2.30. The van der Waals surface area contributed by atoms with Crippen molar-refractivity contribution in [2.75, 3.05) is 13.2 Å². The number of nitrogens with one attached hydrogen (secondary N) is 1. The van der Waals surface area contributed by atoms with Gasteiger partial charge in [0.15, 0.2) is 6.10 Å². The SMILES string of the molecule is CCOC(=O)C[C@H](C(=O)OCC)[C@@H](NC(=O)[C@@H](O)c1ccc(C(F)(F)F)cc1)C(=O)O. The number of aliphatic hydroxyl groups excluding tert-OH is 1. The zero-order chi connectivity index (χ0) is 23.8. The number of carbonyl (C=O) groups excluding carboxylic acids is 3. The largest absolute Gasteiger partial charge is 0.480 e. The maximum atomic E-state index is 12.6. The van der Waals surface area contributed by atoms with Gasteiger partial charge in [-0.3, -0.25) is 14.4 Å². The van der Waals surface area contributed by atoms with E-state index in [0.717, 1.165) is 12.1 Å². The summed E-state index contributed by atoms with van der Waals surface area (Å²) in [5, 5.41) is 21.5. The molecular weight excluding hydrogens is 427 g/mol. The van der Waals surface area contributed by atoms with Crippen molar-refractivity contribution >= 4 is 23.8 Å². The molecule has 172 valence electrons. The number of carboxylic acid groups (broad SMARTS) is 1. The van der Waals surface area contributed by atoms with Crippen molar-refractivity contribution < 1.29 is 52.0 Å². The van der Waals surface area contributed by atoms with E-state index in [1.54, 1.807) is 0 Å². The number of carboxylic acids is 1. The second-order valence-electron chi connectivity index (χ2n) is 6.21. The number of benzene rings is 1. The van der Waals surface area contributed by atoms with Crippen molar-refractivity contribution in [2.24, 2.45) is 5.92 Å². The summed E-state index contributed by atoms with van der Waals surface area (Å²) >= 11 is 0. The van der Waals surface area contributed by atoms with Gasteiger partial charge in [-0.05, 0) is 31.5 Å². The molecule has 1 aromatic rings. The molecule has 0 aliphatic heterocycles. The molecule has 0 unspecified atom stereocenters. The predicted molar refractivity (Wildman–Crippen MR) is 97.3 cm³/mol. The zero-order valence-electron chi connectivity index (χ0n) is 16.6. The minimum Gasteiger partial charge on any atom is -0.480 e. The fraction of sp³-hybridized carbons (Fsp3) is 0.474. The highest BCUT2D eigenvalue weighted by molar-refractivity contribution is 5.92. The fourth-order valence-corrected chi connectivity index (χ4v) is 2.56. The summed E-state index contributed by atoms with van der Waals surface area (Å²) in [6.45, 7) is 2.77. The minimum absolute atomic E-state index is 0.0366. The van der Waals surface area contributed by atoms with Gasteiger partial charge in [0.05, 0.1) is 31.1 Å². The van der Waals surface area contributed by atoms with Crippen LogP contribution in [0.15, 0.2) is 24.3 Å². The summed E-state index contributed by atoms with van der Waals surface area (Å²) in [5.41, 5.74) is -1.25. The summed E-state index contributed by atoms with van der Waals surface area (Å²) in [4.78, 5) is 47.9. The summed E-state index contributed by atoms with van der Waals surface area (Å²) in [7, 11) is 0. The van der Waals surface area contributed by atoms with E-state index in [0.29, 0.717) is 12.1 Å². The lowest BCUT2D eigenvalue weighted by atomic mass is 9.95. The highest BCUT2D eigenvalue weighted by atomic mass is 19.4. The Balaban J connectivity index is 3.06. The van der Waals surface area contributed by atoms with Gasteiger partial charge in [-0.2, -0.15) is 13.2 Å². The molecule has 1 amide bonds. The van der Waals surface area contributed by atoms with Crippen LogP contribution in [0.5, 0.6) is 0 Å². The maximum Gasteiger partial charge on any atom is 0.416 e. The highest BCUT2D eigenvalue weighted by Gasteiger charge is 2.39. The van der Waals surface area contributed by atoms with Gasteiger partial charge in [0.2, 0.25) is 0 Å². The number of aliphatic hydroxyl groups is 1. The third-order valence-corrected chi connectivity index (χ3v) is 4.05. The molecule has 0 bridgehead atoms. The van der Waals surface area contributed by atoms with E-state index in [1.807, 2.05) is 5.32 Å². The molecule has 0 aromatic heterocycles. The van der Waals surface area contributed by atoms with Crippen LogP contribution in [0.2, 0.25) is 0 Å². The molecule has 0 spiro atoms. The number of carbonyl (C=O) groups is 4. The summed E-state index contributed by atoms with van der Waals surface area (Å²) in [5.74, 6) is -6.67. The molecule has 1 rings (SSSR count). The first kappa shape index (κ1) is 25.9. The number of hydrogen-bond donors (Lipinski definition) is 3. The molecule has 9 nitrogen and oxygen atoms in total. The fourth-order valence-electron chi connectivity index (χ4n) is 2.56. The average molecular weight is 449 g/mol. The number of hydrogen-bond acceptors (Lipinski definition) is 7. The Morgan fingerprint density at radius 3 is 2.03 bits per heavy atom. The molecule has 0 fully saturated rings. The Labute approximate surface area is 175 Å². The monoisotopic (exact) mass is 449 g/mol. The quantitative estimate of drug-likeness (QED) is 0.456. The van der Waals surface area contributed by atoms with Gasteiger partial charge in [0.1, 0.15) is 6.04 Å².